The van der Waals surface area contributed by atoms with Crippen LogP contribution < -0.4 is 5.73 Å². The summed E-state index contributed by atoms with van der Waals surface area (Å²) in [6.07, 6.45) is 2.87. The highest BCUT2D eigenvalue weighted by Crippen LogP contribution is 2.21. The number of carbonyl (C=O) groups is 1. The first-order valence-electron chi connectivity index (χ1n) is 7.53. The fraction of sp³-hybridized carbons (Fsp3) is 0.643. The first-order valence-corrected chi connectivity index (χ1v) is 8.41. The van der Waals surface area contributed by atoms with Crippen LogP contribution in [0, 0.1) is 0 Å². The molecule has 1 atom stereocenters. The first kappa shape index (κ1) is 14.5. The predicted molar refractivity (Wildman–Crippen MR) is 83.5 cm³/mol. The van der Waals surface area contributed by atoms with E-state index in [1.165, 1.54) is 11.3 Å². The minimum atomic E-state index is -0.0820. The van der Waals surface area contributed by atoms with Gasteiger partial charge in [0.15, 0.2) is 0 Å². The summed E-state index contributed by atoms with van der Waals surface area (Å²) in [5.41, 5.74) is 6.48. The average Bonchev–Trinajstić information content (AvgIpc) is 3.03. The highest BCUT2D eigenvalue weighted by atomic mass is 32.1. The third-order valence-electron chi connectivity index (χ3n) is 3.92. The molecule has 7 heteroatoms. The maximum atomic E-state index is 12.7. The molecule has 1 fully saturated rings. The Morgan fingerprint density at radius 3 is 3.05 bits per heavy atom. The summed E-state index contributed by atoms with van der Waals surface area (Å²) in [6, 6.07) is -0.0820. The Labute approximate surface area is 128 Å². The van der Waals surface area contributed by atoms with E-state index >= 15 is 0 Å². The van der Waals surface area contributed by atoms with Crippen LogP contribution in [0.1, 0.15) is 47.7 Å². The Balaban J connectivity index is 1.80. The predicted octanol–water partition coefficient (Wildman–Crippen LogP) is 1.46. The van der Waals surface area contributed by atoms with Gasteiger partial charge in [0.1, 0.15) is 10.7 Å². The summed E-state index contributed by atoms with van der Waals surface area (Å²) < 4.78 is 0. The molecule has 114 valence electrons. The molecule has 0 bridgehead atoms. The highest BCUT2D eigenvalue weighted by Gasteiger charge is 2.31. The number of thiazole rings is 1. The number of amides is 1. The lowest BCUT2D eigenvalue weighted by molar-refractivity contribution is 0.0795. The van der Waals surface area contributed by atoms with Crippen LogP contribution in [0.15, 0.2) is 10.4 Å². The van der Waals surface area contributed by atoms with Gasteiger partial charge in [-0.3, -0.25) is 14.7 Å². The largest absolute Gasteiger partial charge is 0.342 e. The molecule has 1 saturated heterocycles. The number of nitrogens with two attached hydrogens (primary N) is 1. The lowest BCUT2D eigenvalue weighted by Crippen LogP contribution is -2.54. The Morgan fingerprint density at radius 2 is 2.24 bits per heavy atom. The third-order valence-corrected chi connectivity index (χ3v) is 4.89. The van der Waals surface area contributed by atoms with Crippen molar-refractivity contribution in [2.45, 2.75) is 32.2 Å². The Hall–Kier alpha value is -1.47. The molecule has 2 N–H and O–H groups in total. The molecule has 1 aromatic heterocycles. The van der Waals surface area contributed by atoms with Gasteiger partial charge in [0.05, 0.1) is 6.04 Å². The van der Waals surface area contributed by atoms with E-state index in [9.17, 15) is 4.79 Å². The van der Waals surface area contributed by atoms with E-state index in [1.807, 2.05) is 12.3 Å². The zero-order chi connectivity index (χ0) is 14.8. The molecule has 21 heavy (non-hydrogen) atoms. The van der Waals surface area contributed by atoms with E-state index in [0.29, 0.717) is 5.69 Å². The second-order valence-corrected chi connectivity index (χ2v) is 6.31. The first-order chi connectivity index (χ1) is 10.2. The van der Waals surface area contributed by atoms with Gasteiger partial charge in [-0.25, -0.2) is 4.98 Å². The van der Waals surface area contributed by atoms with Crippen LogP contribution in [-0.2, 0) is 0 Å². The number of fused-ring (bicyclic) bond motifs is 1. The van der Waals surface area contributed by atoms with Crippen LogP contribution in [0.2, 0.25) is 0 Å². The van der Waals surface area contributed by atoms with Crippen molar-refractivity contribution in [3.05, 3.63) is 16.1 Å². The second-order valence-electron chi connectivity index (χ2n) is 5.42. The van der Waals surface area contributed by atoms with E-state index in [0.717, 1.165) is 56.4 Å². The third kappa shape index (κ3) is 2.80. The summed E-state index contributed by atoms with van der Waals surface area (Å²) in [5.74, 6) is 0.776. The van der Waals surface area contributed by atoms with Gasteiger partial charge in [0.25, 0.3) is 5.91 Å². The minimum absolute atomic E-state index is 0.0499. The summed E-state index contributed by atoms with van der Waals surface area (Å²) in [7, 11) is 0. The topological polar surface area (TPSA) is 74.8 Å². The molecule has 3 rings (SSSR count). The molecule has 0 radical (unpaired) electrons. The molecule has 1 aromatic rings. The number of guanidine groups is 1. The zero-order valence-corrected chi connectivity index (χ0v) is 13.1. The summed E-state index contributed by atoms with van der Waals surface area (Å²) in [6.45, 7) is 5.53. The van der Waals surface area contributed by atoms with Crippen LogP contribution >= 0.6 is 11.3 Å². The molecule has 2 aliphatic heterocycles. The van der Waals surface area contributed by atoms with Crippen LogP contribution in [-0.4, -0.2) is 52.8 Å². The van der Waals surface area contributed by atoms with Crippen molar-refractivity contribution in [1.82, 2.24) is 14.8 Å². The molecule has 0 aliphatic carbocycles. The molecule has 6 nitrogen and oxygen atoms in total. The smallest absolute Gasteiger partial charge is 0.280 e. The Bertz CT molecular complexity index is 555. The van der Waals surface area contributed by atoms with Crippen LogP contribution in [0.3, 0.4) is 0 Å². The molecule has 1 unspecified atom stereocenters. The van der Waals surface area contributed by atoms with Crippen molar-refractivity contribution in [2.24, 2.45) is 10.7 Å². The van der Waals surface area contributed by atoms with Crippen molar-refractivity contribution >= 4 is 23.2 Å². The van der Waals surface area contributed by atoms with Crippen LogP contribution in [0.5, 0.6) is 0 Å². The standard InChI is InChI=1S/C14H21N5OS/c1-2-10(15)12-17-11(9-21-12)13(20)19-8-4-7-18-6-3-5-16-14(18)19/h9-10H,2-8,15H2,1H3. The Morgan fingerprint density at radius 1 is 1.43 bits per heavy atom. The van der Waals surface area contributed by atoms with E-state index < -0.39 is 0 Å². The molecule has 0 saturated carbocycles. The number of hydrogen-bond donors (Lipinski definition) is 1. The fourth-order valence-corrected chi connectivity index (χ4v) is 3.57. The van der Waals surface area contributed by atoms with E-state index in [1.54, 1.807) is 4.90 Å². The SMILES string of the molecule is CCC(N)c1nc(C(=O)N2CCCN3CCCN=C32)cs1. The van der Waals surface area contributed by atoms with Crippen molar-refractivity contribution in [3.63, 3.8) is 0 Å². The lowest BCUT2D eigenvalue weighted by atomic mass is 10.2. The van der Waals surface area contributed by atoms with E-state index in [2.05, 4.69) is 14.9 Å². The van der Waals surface area contributed by atoms with Crippen molar-refractivity contribution in [1.29, 1.82) is 0 Å². The average molecular weight is 307 g/mol. The van der Waals surface area contributed by atoms with Crippen LogP contribution in [0.25, 0.3) is 0 Å². The van der Waals surface area contributed by atoms with Gasteiger partial charge < -0.3 is 10.6 Å². The minimum Gasteiger partial charge on any atom is -0.342 e. The van der Waals surface area contributed by atoms with Gasteiger partial charge in [0, 0.05) is 31.6 Å². The number of rotatable bonds is 3. The van der Waals surface area contributed by atoms with Gasteiger partial charge in [-0.15, -0.1) is 11.3 Å². The number of nitrogens with zero attached hydrogens (tertiary/aromatic N) is 4. The number of hydrogen-bond acceptors (Lipinski definition) is 6. The zero-order valence-electron chi connectivity index (χ0n) is 12.3. The van der Waals surface area contributed by atoms with E-state index in [4.69, 9.17) is 5.73 Å². The molecule has 0 aromatic carbocycles. The quantitative estimate of drug-likeness (QED) is 0.917. The summed E-state index contributed by atoms with van der Waals surface area (Å²) in [5, 5.41) is 2.65. The van der Waals surface area contributed by atoms with Gasteiger partial charge in [0.2, 0.25) is 5.96 Å². The number of aromatic nitrogens is 1. The van der Waals surface area contributed by atoms with Crippen molar-refractivity contribution in [3.8, 4) is 0 Å². The number of carbonyl (C=O) groups excluding carboxylic acids is 1. The lowest BCUT2D eigenvalue weighted by Gasteiger charge is -2.39. The molecular weight excluding hydrogens is 286 g/mol. The van der Waals surface area contributed by atoms with Gasteiger partial charge >= 0.3 is 0 Å². The fourth-order valence-electron chi connectivity index (χ4n) is 2.69. The highest BCUT2D eigenvalue weighted by molar-refractivity contribution is 7.09. The molecular formula is C14H21N5OS. The molecule has 2 aliphatic rings. The number of aliphatic imine (C=N–C) groups is 1. The summed E-state index contributed by atoms with van der Waals surface area (Å²) >= 11 is 1.47. The molecule has 0 spiro atoms. The second kappa shape index (κ2) is 6.11. The van der Waals surface area contributed by atoms with Gasteiger partial charge in [-0.05, 0) is 19.3 Å². The van der Waals surface area contributed by atoms with E-state index in [-0.39, 0.29) is 11.9 Å². The van der Waals surface area contributed by atoms with Gasteiger partial charge in [-0.2, -0.15) is 0 Å². The van der Waals surface area contributed by atoms with Gasteiger partial charge in [-0.1, -0.05) is 6.92 Å². The normalized spacial score (nSPS) is 20.0. The monoisotopic (exact) mass is 307 g/mol. The van der Waals surface area contributed by atoms with Crippen molar-refractivity contribution in [2.75, 3.05) is 26.2 Å². The van der Waals surface area contributed by atoms with Crippen molar-refractivity contribution < 1.29 is 4.79 Å². The Kier molecular flexibility index (Phi) is 4.21. The van der Waals surface area contributed by atoms with Crippen LogP contribution in [0.4, 0.5) is 0 Å². The maximum absolute atomic E-state index is 12.7. The molecule has 3 heterocycles. The maximum Gasteiger partial charge on any atom is 0.280 e. The summed E-state index contributed by atoms with van der Waals surface area (Å²) in [4.78, 5) is 25.6. The molecule has 1 amide bonds.